The Hall–Kier alpha value is -5.21. The van der Waals surface area contributed by atoms with Crippen LogP contribution >= 0.6 is 0 Å². The second-order valence-corrected chi connectivity index (χ2v) is 10.4. The van der Waals surface area contributed by atoms with Crippen LogP contribution in [0.25, 0.3) is 82.5 Å². The molecule has 0 spiro atoms. The molecule has 0 aliphatic heterocycles. The van der Waals surface area contributed by atoms with Crippen LogP contribution in [-0.2, 0) is 0 Å². The van der Waals surface area contributed by atoms with Crippen molar-refractivity contribution >= 4 is 43.5 Å². The van der Waals surface area contributed by atoms with Gasteiger partial charge in [0.1, 0.15) is 5.65 Å². The largest absolute Gasteiger partial charge is 0.293 e. The molecule has 0 radical (unpaired) electrons. The summed E-state index contributed by atoms with van der Waals surface area (Å²) in [6.07, 6.45) is 1.89. The Balaban J connectivity index is 1.26. The number of fused-ring (bicyclic) bond motifs is 8. The van der Waals surface area contributed by atoms with Gasteiger partial charge in [0.15, 0.2) is 0 Å². The monoisotopic (exact) mass is 494 g/mol. The van der Waals surface area contributed by atoms with Gasteiger partial charge in [0.05, 0.1) is 5.52 Å². The third kappa shape index (κ3) is 2.78. The summed E-state index contributed by atoms with van der Waals surface area (Å²) in [5.41, 5.74) is 11.1. The van der Waals surface area contributed by atoms with Crippen molar-refractivity contribution in [2.75, 3.05) is 0 Å². The minimum Gasteiger partial charge on any atom is -0.293 e. The zero-order valence-electron chi connectivity index (χ0n) is 21.1. The molecule has 1 aliphatic rings. The molecule has 180 valence electrons. The Bertz CT molecular complexity index is 2240. The average Bonchev–Trinajstić information content (AvgIpc) is 3.52. The van der Waals surface area contributed by atoms with Crippen molar-refractivity contribution < 1.29 is 0 Å². The highest BCUT2D eigenvalue weighted by molar-refractivity contribution is 6.19. The average molecular weight is 495 g/mol. The molecular weight excluding hydrogens is 472 g/mol. The van der Waals surface area contributed by atoms with Crippen LogP contribution in [0.3, 0.4) is 0 Å². The lowest BCUT2D eigenvalue weighted by molar-refractivity contribution is 1.14. The molecule has 0 amide bonds. The molecule has 2 nitrogen and oxygen atoms in total. The van der Waals surface area contributed by atoms with Crippen LogP contribution in [0.5, 0.6) is 0 Å². The van der Waals surface area contributed by atoms with Crippen molar-refractivity contribution in [3.05, 3.63) is 134 Å². The van der Waals surface area contributed by atoms with Crippen LogP contribution in [0.4, 0.5) is 0 Å². The maximum Gasteiger partial charge on any atom is 0.145 e. The minimum absolute atomic E-state index is 0.986. The summed E-state index contributed by atoms with van der Waals surface area (Å²) in [7, 11) is 0. The first-order valence-corrected chi connectivity index (χ1v) is 13.4. The van der Waals surface area contributed by atoms with Crippen molar-refractivity contribution in [3.63, 3.8) is 0 Å². The van der Waals surface area contributed by atoms with E-state index in [1.165, 1.54) is 71.2 Å². The Morgan fingerprint density at radius 3 is 2.00 bits per heavy atom. The van der Waals surface area contributed by atoms with Gasteiger partial charge in [-0.05, 0) is 73.8 Å². The Morgan fingerprint density at radius 2 is 1.13 bits per heavy atom. The topological polar surface area (TPSA) is 17.8 Å². The maximum absolute atomic E-state index is 4.83. The summed E-state index contributed by atoms with van der Waals surface area (Å²) >= 11 is 0. The molecule has 0 saturated heterocycles. The molecule has 2 aromatic heterocycles. The van der Waals surface area contributed by atoms with Crippen molar-refractivity contribution in [1.29, 1.82) is 0 Å². The summed E-state index contributed by atoms with van der Waals surface area (Å²) in [5, 5.41) is 7.54. The van der Waals surface area contributed by atoms with Gasteiger partial charge in [0, 0.05) is 28.0 Å². The van der Waals surface area contributed by atoms with Gasteiger partial charge in [-0.15, -0.1) is 0 Å². The van der Waals surface area contributed by atoms with Gasteiger partial charge in [0.2, 0.25) is 0 Å². The fourth-order valence-electron chi connectivity index (χ4n) is 6.71. The number of hydrogen-bond donors (Lipinski definition) is 0. The number of hydrogen-bond acceptors (Lipinski definition) is 1. The van der Waals surface area contributed by atoms with Crippen molar-refractivity contribution in [2.24, 2.45) is 0 Å². The first-order chi connectivity index (χ1) is 19.4. The smallest absolute Gasteiger partial charge is 0.145 e. The molecule has 0 saturated carbocycles. The molecule has 0 bridgehead atoms. The van der Waals surface area contributed by atoms with Crippen LogP contribution in [0.2, 0.25) is 0 Å². The molecule has 39 heavy (non-hydrogen) atoms. The fourth-order valence-corrected chi connectivity index (χ4v) is 6.71. The number of benzene rings is 6. The Morgan fingerprint density at radius 1 is 0.436 bits per heavy atom. The highest BCUT2D eigenvalue weighted by Crippen LogP contribution is 2.49. The standard InChI is InChI=1S/C37H22N2/c1-2-8-27-23(7-1)16-19-33-34-13-6-22-38-37(34)39(36(27)33)25-17-14-24(15-18-25)26-20-21-32-29-10-4-3-9-28(29)31-12-5-11-30(26)35(31)32/h1-22H. The Kier molecular flexibility index (Phi) is 4.08. The van der Waals surface area contributed by atoms with Gasteiger partial charge < -0.3 is 0 Å². The molecule has 0 atom stereocenters. The van der Waals surface area contributed by atoms with E-state index in [2.05, 4.69) is 126 Å². The zero-order chi connectivity index (χ0) is 25.5. The lowest BCUT2D eigenvalue weighted by atomic mass is 9.94. The molecule has 2 heteroatoms. The molecule has 9 rings (SSSR count). The zero-order valence-corrected chi connectivity index (χ0v) is 21.1. The van der Waals surface area contributed by atoms with E-state index >= 15 is 0 Å². The highest BCUT2D eigenvalue weighted by atomic mass is 15.0. The maximum atomic E-state index is 4.83. The van der Waals surface area contributed by atoms with Crippen LogP contribution in [0.1, 0.15) is 0 Å². The van der Waals surface area contributed by atoms with Gasteiger partial charge in [0.25, 0.3) is 0 Å². The van der Waals surface area contributed by atoms with Gasteiger partial charge >= 0.3 is 0 Å². The van der Waals surface area contributed by atoms with E-state index in [0.29, 0.717) is 0 Å². The number of rotatable bonds is 2. The molecule has 8 aromatic rings. The molecule has 0 unspecified atom stereocenters. The molecule has 0 fully saturated rings. The van der Waals surface area contributed by atoms with E-state index in [4.69, 9.17) is 4.98 Å². The minimum atomic E-state index is 0.986. The number of pyridine rings is 1. The van der Waals surface area contributed by atoms with E-state index in [1.807, 2.05) is 12.3 Å². The molecule has 6 aromatic carbocycles. The number of aromatic nitrogens is 2. The molecule has 1 aliphatic carbocycles. The lowest BCUT2D eigenvalue weighted by Crippen LogP contribution is -1.96. The van der Waals surface area contributed by atoms with E-state index < -0.39 is 0 Å². The summed E-state index contributed by atoms with van der Waals surface area (Å²) in [6, 6.07) is 46.3. The van der Waals surface area contributed by atoms with Gasteiger partial charge in [-0.25, -0.2) is 4.98 Å². The van der Waals surface area contributed by atoms with Gasteiger partial charge in [-0.1, -0.05) is 103 Å². The van der Waals surface area contributed by atoms with E-state index in [0.717, 1.165) is 11.3 Å². The van der Waals surface area contributed by atoms with Crippen LogP contribution in [-0.4, -0.2) is 9.55 Å². The highest BCUT2D eigenvalue weighted by Gasteiger charge is 2.22. The van der Waals surface area contributed by atoms with E-state index in [9.17, 15) is 0 Å². The predicted molar refractivity (Wildman–Crippen MR) is 163 cm³/mol. The fraction of sp³-hybridized carbons (Fsp3) is 0. The SMILES string of the molecule is c1ccc2c(c1)-c1cccc3c(-c4ccc(-n5c6ncccc6c6ccc7ccccc7c65)cc4)ccc-2c13. The normalized spacial score (nSPS) is 12.1. The van der Waals surface area contributed by atoms with Crippen molar-refractivity contribution in [1.82, 2.24) is 9.55 Å². The van der Waals surface area contributed by atoms with Crippen LogP contribution < -0.4 is 0 Å². The van der Waals surface area contributed by atoms with E-state index in [-0.39, 0.29) is 0 Å². The van der Waals surface area contributed by atoms with Crippen molar-refractivity contribution in [3.8, 4) is 39.1 Å². The van der Waals surface area contributed by atoms with Crippen LogP contribution in [0.15, 0.2) is 134 Å². The molecular formula is C37H22N2. The first kappa shape index (κ1) is 20.8. The quantitative estimate of drug-likeness (QED) is 0.234. The third-order valence-corrected chi connectivity index (χ3v) is 8.40. The molecule has 0 N–H and O–H groups in total. The van der Waals surface area contributed by atoms with Crippen molar-refractivity contribution in [2.45, 2.75) is 0 Å². The Labute approximate surface area is 225 Å². The summed E-state index contributed by atoms with van der Waals surface area (Å²) < 4.78 is 2.32. The first-order valence-electron chi connectivity index (χ1n) is 13.4. The second kappa shape index (κ2) is 7.66. The third-order valence-electron chi connectivity index (χ3n) is 8.40. The molecule has 2 heterocycles. The van der Waals surface area contributed by atoms with Gasteiger partial charge in [-0.2, -0.15) is 0 Å². The number of nitrogens with zero attached hydrogens (tertiary/aromatic N) is 2. The summed E-state index contributed by atoms with van der Waals surface area (Å²) in [4.78, 5) is 4.83. The predicted octanol–water partition coefficient (Wildman–Crippen LogP) is 9.80. The summed E-state index contributed by atoms with van der Waals surface area (Å²) in [5.74, 6) is 0. The van der Waals surface area contributed by atoms with Gasteiger partial charge in [-0.3, -0.25) is 4.57 Å². The van der Waals surface area contributed by atoms with Crippen LogP contribution in [0, 0.1) is 0 Å². The second-order valence-electron chi connectivity index (χ2n) is 10.4. The van der Waals surface area contributed by atoms with E-state index in [1.54, 1.807) is 0 Å². The lowest BCUT2D eigenvalue weighted by Gasteiger charge is -2.12. The summed E-state index contributed by atoms with van der Waals surface area (Å²) in [6.45, 7) is 0.